The van der Waals surface area contributed by atoms with Gasteiger partial charge in [-0.3, -0.25) is 14.5 Å². The Labute approximate surface area is 105 Å². The van der Waals surface area contributed by atoms with Crippen molar-refractivity contribution in [2.45, 2.75) is 13.8 Å². The Morgan fingerprint density at radius 2 is 2.28 bits per heavy atom. The first-order valence-electron chi connectivity index (χ1n) is 5.81. The van der Waals surface area contributed by atoms with E-state index in [1.54, 1.807) is 13.0 Å². The van der Waals surface area contributed by atoms with E-state index in [2.05, 4.69) is 0 Å². The lowest BCUT2D eigenvalue weighted by Crippen LogP contribution is -2.42. The van der Waals surface area contributed by atoms with Crippen LogP contribution in [0.5, 0.6) is 5.75 Å². The van der Waals surface area contributed by atoms with E-state index in [9.17, 15) is 9.59 Å². The number of anilines is 1. The largest absolute Gasteiger partial charge is 0.482 e. The van der Waals surface area contributed by atoms with Crippen molar-refractivity contribution in [3.8, 4) is 5.75 Å². The maximum Gasteiger partial charge on any atom is 0.326 e. The SMILES string of the molecule is CCOC(=O)CN1C(=O)COc2ccc(C)cc21. The molecule has 0 radical (unpaired) electrons. The summed E-state index contributed by atoms with van der Waals surface area (Å²) in [6.45, 7) is 3.83. The lowest BCUT2D eigenvalue weighted by Gasteiger charge is -2.28. The van der Waals surface area contributed by atoms with Gasteiger partial charge >= 0.3 is 5.97 Å². The van der Waals surface area contributed by atoms with Gasteiger partial charge in [0.05, 0.1) is 12.3 Å². The third kappa shape index (κ3) is 2.45. The molecule has 1 heterocycles. The number of nitrogens with zero attached hydrogens (tertiary/aromatic N) is 1. The number of aryl methyl sites for hydroxylation is 1. The fourth-order valence-corrected chi connectivity index (χ4v) is 1.82. The van der Waals surface area contributed by atoms with Gasteiger partial charge in [-0.25, -0.2) is 0 Å². The molecule has 1 aliphatic heterocycles. The van der Waals surface area contributed by atoms with Crippen LogP contribution >= 0.6 is 0 Å². The summed E-state index contributed by atoms with van der Waals surface area (Å²) in [7, 11) is 0. The Balaban J connectivity index is 2.27. The first kappa shape index (κ1) is 12.4. The summed E-state index contributed by atoms with van der Waals surface area (Å²) in [5.41, 5.74) is 1.63. The van der Waals surface area contributed by atoms with Crippen LogP contribution < -0.4 is 9.64 Å². The van der Waals surface area contributed by atoms with Crippen molar-refractivity contribution in [3.63, 3.8) is 0 Å². The van der Waals surface area contributed by atoms with Crippen LogP contribution in [-0.2, 0) is 14.3 Å². The van der Waals surface area contributed by atoms with Crippen molar-refractivity contribution in [2.24, 2.45) is 0 Å². The number of carbonyl (C=O) groups is 2. The summed E-state index contributed by atoms with van der Waals surface area (Å²) in [6.07, 6.45) is 0. The number of esters is 1. The van der Waals surface area contributed by atoms with Crippen LogP contribution in [0.15, 0.2) is 18.2 Å². The van der Waals surface area contributed by atoms with E-state index in [1.165, 1.54) is 4.90 Å². The molecule has 0 bridgehead atoms. The second kappa shape index (κ2) is 5.08. The van der Waals surface area contributed by atoms with E-state index in [1.807, 2.05) is 19.1 Å². The van der Waals surface area contributed by atoms with Gasteiger partial charge in [0.25, 0.3) is 5.91 Å². The molecular weight excluding hydrogens is 234 g/mol. The molecule has 1 aliphatic rings. The first-order valence-corrected chi connectivity index (χ1v) is 5.81. The summed E-state index contributed by atoms with van der Waals surface area (Å²) in [6, 6.07) is 5.53. The van der Waals surface area contributed by atoms with Gasteiger partial charge in [0.1, 0.15) is 12.3 Å². The molecule has 96 valence electrons. The molecule has 0 saturated carbocycles. The van der Waals surface area contributed by atoms with Gasteiger partial charge in [0.2, 0.25) is 0 Å². The van der Waals surface area contributed by atoms with Crippen LogP contribution in [0.3, 0.4) is 0 Å². The molecule has 0 aromatic heterocycles. The highest BCUT2D eigenvalue weighted by Crippen LogP contribution is 2.32. The average molecular weight is 249 g/mol. The molecule has 1 amide bonds. The fraction of sp³-hybridized carbons (Fsp3) is 0.385. The minimum absolute atomic E-state index is 0.0462. The monoisotopic (exact) mass is 249 g/mol. The van der Waals surface area contributed by atoms with Crippen molar-refractivity contribution in [3.05, 3.63) is 23.8 Å². The van der Waals surface area contributed by atoms with Gasteiger partial charge in [-0.2, -0.15) is 0 Å². The standard InChI is InChI=1S/C13H15NO4/c1-3-17-13(16)7-14-10-6-9(2)4-5-11(10)18-8-12(14)15/h4-6H,3,7-8H2,1-2H3. The molecule has 0 saturated heterocycles. The van der Waals surface area contributed by atoms with Crippen LogP contribution in [0.25, 0.3) is 0 Å². The van der Waals surface area contributed by atoms with E-state index >= 15 is 0 Å². The summed E-state index contributed by atoms with van der Waals surface area (Å²) in [4.78, 5) is 24.7. The maximum atomic E-state index is 11.8. The fourth-order valence-electron chi connectivity index (χ4n) is 1.82. The van der Waals surface area contributed by atoms with Gasteiger partial charge in [-0.15, -0.1) is 0 Å². The number of fused-ring (bicyclic) bond motifs is 1. The lowest BCUT2D eigenvalue weighted by atomic mass is 10.1. The minimum atomic E-state index is -0.416. The van der Waals surface area contributed by atoms with E-state index < -0.39 is 5.97 Å². The molecule has 5 heteroatoms. The van der Waals surface area contributed by atoms with Gasteiger partial charge < -0.3 is 9.47 Å². The van der Waals surface area contributed by atoms with Gasteiger partial charge in [-0.1, -0.05) is 6.07 Å². The van der Waals surface area contributed by atoms with Crippen LogP contribution in [0.4, 0.5) is 5.69 Å². The van der Waals surface area contributed by atoms with Crippen LogP contribution in [0, 0.1) is 6.92 Å². The highest BCUT2D eigenvalue weighted by molar-refractivity contribution is 6.01. The van der Waals surface area contributed by atoms with Crippen molar-refractivity contribution in [1.82, 2.24) is 0 Å². The van der Waals surface area contributed by atoms with Gasteiger partial charge in [0.15, 0.2) is 6.61 Å². The van der Waals surface area contributed by atoms with Crippen molar-refractivity contribution in [2.75, 3.05) is 24.7 Å². The summed E-state index contributed by atoms with van der Waals surface area (Å²) < 4.78 is 10.2. The molecule has 1 aromatic rings. The molecule has 1 aromatic carbocycles. The van der Waals surface area contributed by atoms with Crippen LogP contribution in [0.1, 0.15) is 12.5 Å². The third-order valence-electron chi connectivity index (χ3n) is 2.65. The molecule has 0 spiro atoms. The highest BCUT2D eigenvalue weighted by atomic mass is 16.5. The topological polar surface area (TPSA) is 55.8 Å². The molecule has 0 atom stereocenters. The molecule has 5 nitrogen and oxygen atoms in total. The van der Waals surface area contributed by atoms with Crippen molar-refractivity contribution < 1.29 is 19.1 Å². The number of hydrogen-bond donors (Lipinski definition) is 0. The van der Waals surface area contributed by atoms with Gasteiger partial charge in [0, 0.05) is 0 Å². The zero-order chi connectivity index (χ0) is 13.1. The summed E-state index contributed by atoms with van der Waals surface area (Å²) in [5, 5.41) is 0. The Hall–Kier alpha value is -2.04. The zero-order valence-electron chi connectivity index (χ0n) is 10.4. The highest BCUT2D eigenvalue weighted by Gasteiger charge is 2.27. The van der Waals surface area contributed by atoms with Crippen molar-refractivity contribution >= 4 is 17.6 Å². The van der Waals surface area contributed by atoms with E-state index in [-0.39, 0.29) is 19.1 Å². The maximum absolute atomic E-state index is 11.8. The third-order valence-corrected chi connectivity index (χ3v) is 2.65. The van der Waals surface area contributed by atoms with Crippen molar-refractivity contribution in [1.29, 1.82) is 0 Å². The lowest BCUT2D eigenvalue weighted by molar-refractivity contribution is -0.142. The van der Waals surface area contributed by atoms with E-state index in [4.69, 9.17) is 9.47 Å². The molecule has 0 N–H and O–H groups in total. The number of carbonyl (C=O) groups excluding carboxylic acids is 2. The normalized spacial score (nSPS) is 13.9. The number of amides is 1. The molecule has 0 unspecified atom stereocenters. The molecule has 0 aliphatic carbocycles. The zero-order valence-corrected chi connectivity index (χ0v) is 10.4. The van der Waals surface area contributed by atoms with Gasteiger partial charge in [-0.05, 0) is 31.5 Å². The van der Waals surface area contributed by atoms with Crippen LogP contribution in [0.2, 0.25) is 0 Å². The number of rotatable bonds is 3. The number of hydrogen-bond acceptors (Lipinski definition) is 4. The predicted octanol–water partition coefficient (Wildman–Crippen LogP) is 1.28. The minimum Gasteiger partial charge on any atom is -0.482 e. The second-order valence-electron chi connectivity index (χ2n) is 4.04. The van der Waals surface area contributed by atoms with E-state index in [0.717, 1.165) is 5.56 Å². The van der Waals surface area contributed by atoms with E-state index in [0.29, 0.717) is 18.0 Å². The average Bonchev–Trinajstić information content (AvgIpc) is 2.33. The molecular formula is C13H15NO4. The second-order valence-corrected chi connectivity index (χ2v) is 4.04. The number of ether oxygens (including phenoxy) is 2. The first-order chi connectivity index (χ1) is 8.61. The van der Waals surface area contributed by atoms with Crippen LogP contribution in [-0.4, -0.2) is 31.6 Å². The Bertz CT molecular complexity index is 484. The Morgan fingerprint density at radius 1 is 1.50 bits per heavy atom. The molecule has 2 rings (SSSR count). The summed E-state index contributed by atoms with van der Waals surface area (Å²) in [5.74, 6) is -0.0362. The molecule has 0 fully saturated rings. The number of benzene rings is 1. The summed E-state index contributed by atoms with van der Waals surface area (Å²) >= 11 is 0. The Morgan fingerprint density at radius 3 is 3.00 bits per heavy atom. The quantitative estimate of drug-likeness (QED) is 0.757. The smallest absolute Gasteiger partial charge is 0.326 e. The predicted molar refractivity (Wildman–Crippen MR) is 65.7 cm³/mol. The molecule has 18 heavy (non-hydrogen) atoms. The Kier molecular flexibility index (Phi) is 3.50.